The van der Waals surface area contributed by atoms with Crippen LogP contribution in [0.1, 0.15) is 109 Å². The Balaban J connectivity index is 1.24. The van der Waals surface area contributed by atoms with Crippen molar-refractivity contribution in [1.29, 1.82) is 0 Å². The Labute approximate surface area is 222 Å². The molecule has 8 atom stereocenters. The Bertz CT molecular complexity index is 1110. The van der Waals surface area contributed by atoms with E-state index in [4.69, 9.17) is 0 Å². The summed E-state index contributed by atoms with van der Waals surface area (Å²) in [7, 11) is 0. The molecule has 0 aromatic heterocycles. The fourth-order valence-electron chi connectivity index (χ4n) is 10.8. The molecule has 0 bridgehead atoms. The molecule has 0 N–H and O–H groups in total. The summed E-state index contributed by atoms with van der Waals surface area (Å²) < 4.78 is 0. The maximum atomic E-state index is 2.75. The zero-order valence-electron chi connectivity index (χ0n) is 24.2. The molecule has 0 heterocycles. The first-order chi connectivity index (χ1) is 17.2. The summed E-state index contributed by atoms with van der Waals surface area (Å²) in [5.74, 6) is 6.57. The van der Waals surface area contributed by atoms with Gasteiger partial charge < -0.3 is 0 Å². The van der Waals surface area contributed by atoms with Crippen molar-refractivity contribution in [1.82, 2.24) is 0 Å². The standard InChI is InChI=1S/C36H52/c1-23(2)9-7-11-25(4)32-15-16-33-30-14-13-29-20-27-21-31-24(3)10-8-12-26(31)19-28(27)22-36(29,6)34(30)17-18-35(32,33)5/h8,10,12,19,21,23,25,29-30,32-34H,7,9,11,13-18,20,22H2,1-6H3. The second kappa shape index (κ2) is 9.17. The van der Waals surface area contributed by atoms with Crippen LogP contribution in [0.4, 0.5) is 0 Å². The molecule has 4 aliphatic carbocycles. The van der Waals surface area contributed by atoms with Gasteiger partial charge in [-0.2, -0.15) is 0 Å². The second-order valence-corrected chi connectivity index (χ2v) is 15.0. The van der Waals surface area contributed by atoms with Crippen LogP contribution < -0.4 is 0 Å². The van der Waals surface area contributed by atoms with E-state index in [0.29, 0.717) is 10.8 Å². The quantitative estimate of drug-likeness (QED) is 0.396. The molecule has 0 nitrogen and oxygen atoms in total. The zero-order valence-corrected chi connectivity index (χ0v) is 24.2. The monoisotopic (exact) mass is 484 g/mol. The average Bonchev–Trinajstić information content (AvgIpc) is 3.19. The van der Waals surface area contributed by atoms with Gasteiger partial charge in [0.2, 0.25) is 0 Å². The van der Waals surface area contributed by atoms with E-state index >= 15 is 0 Å². The lowest BCUT2D eigenvalue weighted by molar-refractivity contribution is -0.103. The van der Waals surface area contributed by atoms with E-state index in [-0.39, 0.29) is 0 Å². The van der Waals surface area contributed by atoms with Crippen LogP contribution in [0, 0.1) is 59.2 Å². The van der Waals surface area contributed by atoms with Gasteiger partial charge in [0.05, 0.1) is 0 Å². The van der Waals surface area contributed by atoms with E-state index < -0.39 is 0 Å². The molecule has 0 amide bonds. The third-order valence-electron chi connectivity index (χ3n) is 12.7. The number of hydrogen-bond acceptors (Lipinski definition) is 0. The summed E-state index contributed by atoms with van der Waals surface area (Å²) in [6.07, 6.45) is 16.0. The molecule has 4 aliphatic rings. The molecule has 0 heteroatoms. The summed E-state index contributed by atoms with van der Waals surface area (Å²) in [6, 6.07) is 12.0. The van der Waals surface area contributed by atoms with Gasteiger partial charge in [-0.3, -0.25) is 0 Å². The van der Waals surface area contributed by atoms with Crippen molar-refractivity contribution in [2.24, 2.45) is 52.3 Å². The lowest BCUT2D eigenvalue weighted by Gasteiger charge is -2.61. The van der Waals surface area contributed by atoms with Crippen LogP contribution >= 0.6 is 0 Å². The Kier molecular flexibility index (Phi) is 6.37. The highest BCUT2D eigenvalue weighted by molar-refractivity contribution is 5.87. The van der Waals surface area contributed by atoms with E-state index in [1.807, 2.05) is 0 Å². The molecule has 196 valence electrons. The molecule has 0 radical (unpaired) electrons. The topological polar surface area (TPSA) is 0 Å². The normalized spacial score (nSPS) is 38.4. The zero-order chi connectivity index (χ0) is 25.2. The van der Waals surface area contributed by atoms with Crippen molar-refractivity contribution in [2.45, 2.75) is 112 Å². The summed E-state index contributed by atoms with van der Waals surface area (Å²) in [5.41, 5.74) is 5.92. The van der Waals surface area contributed by atoms with Crippen molar-refractivity contribution in [2.75, 3.05) is 0 Å². The first kappa shape index (κ1) is 25.0. The Hall–Kier alpha value is -1.30. The SMILES string of the molecule is Cc1cccc2cc3c(cc12)CC1CCC2C(CCC4(C)C(C(C)CCCC(C)C)CCC24)C1(C)C3. The summed E-state index contributed by atoms with van der Waals surface area (Å²) >= 11 is 0. The van der Waals surface area contributed by atoms with Crippen LogP contribution in [0.25, 0.3) is 10.8 Å². The third-order valence-corrected chi connectivity index (χ3v) is 12.7. The van der Waals surface area contributed by atoms with Crippen LogP contribution in [0.15, 0.2) is 30.3 Å². The van der Waals surface area contributed by atoms with E-state index in [1.54, 1.807) is 11.1 Å². The van der Waals surface area contributed by atoms with Crippen LogP contribution in [-0.4, -0.2) is 0 Å². The van der Waals surface area contributed by atoms with E-state index in [9.17, 15) is 0 Å². The van der Waals surface area contributed by atoms with Gasteiger partial charge in [-0.1, -0.05) is 84.2 Å². The molecule has 0 aliphatic heterocycles. The predicted octanol–water partition coefficient (Wildman–Crippen LogP) is 10.2. The molecule has 0 saturated heterocycles. The van der Waals surface area contributed by atoms with Crippen molar-refractivity contribution < 1.29 is 0 Å². The highest BCUT2D eigenvalue weighted by Gasteiger charge is 2.60. The van der Waals surface area contributed by atoms with E-state index in [0.717, 1.165) is 41.4 Å². The first-order valence-electron chi connectivity index (χ1n) is 15.7. The fraction of sp³-hybridized carbons (Fsp3) is 0.722. The minimum Gasteiger partial charge on any atom is -0.0628 e. The molecule has 2 aromatic carbocycles. The van der Waals surface area contributed by atoms with Gasteiger partial charge in [-0.05, 0) is 138 Å². The van der Waals surface area contributed by atoms with Crippen molar-refractivity contribution in [3.8, 4) is 0 Å². The first-order valence-corrected chi connectivity index (χ1v) is 15.7. The van der Waals surface area contributed by atoms with Gasteiger partial charge in [0.1, 0.15) is 0 Å². The lowest BCUT2D eigenvalue weighted by Crippen LogP contribution is -2.54. The van der Waals surface area contributed by atoms with Gasteiger partial charge in [0.15, 0.2) is 0 Å². The summed E-state index contributed by atoms with van der Waals surface area (Å²) in [6.45, 7) is 15.2. The Morgan fingerprint density at radius 2 is 1.67 bits per heavy atom. The lowest BCUT2D eigenvalue weighted by atomic mass is 9.44. The molecule has 3 saturated carbocycles. The maximum Gasteiger partial charge on any atom is -0.0152 e. The van der Waals surface area contributed by atoms with Crippen molar-refractivity contribution in [3.63, 3.8) is 0 Å². The van der Waals surface area contributed by atoms with Gasteiger partial charge in [0.25, 0.3) is 0 Å². The number of hydrogen-bond donors (Lipinski definition) is 0. The van der Waals surface area contributed by atoms with Crippen LogP contribution in [0.3, 0.4) is 0 Å². The Morgan fingerprint density at radius 3 is 2.47 bits per heavy atom. The van der Waals surface area contributed by atoms with E-state index in [1.165, 1.54) is 87.0 Å². The van der Waals surface area contributed by atoms with Gasteiger partial charge in [0, 0.05) is 0 Å². The molecule has 8 unspecified atom stereocenters. The van der Waals surface area contributed by atoms with Gasteiger partial charge in [-0.15, -0.1) is 0 Å². The Morgan fingerprint density at radius 1 is 0.861 bits per heavy atom. The highest BCUT2D eigenvalue weighted by Crippen LogP contribution is 2.68. The van der Waals surface area contributed by atoms with Gasteiger partial charge in [-0.25, -0.2) is 0 Å². The largest absolute Gasteiger partial charge is 0.0628 e. The van der Waals surface area contributed by atoms with Gasteiger partial charge >= 0.3 is 0 Å². The van der Waals surface area contributed by atoms with Crippen LogP contribution in [0.5, 0.6) is 0 Å². The molecule has 36 heavy (non-hydrogen) atoms. The minimum absolute atomic E-state index is 0.510. The van der Waals surface area contributed by atoms with Crippen molar-refractivity contribution >= 4 is 10.8 Å². The number of fused-ring (bicyclic) bond motifs is 7. The second-order valence-electron chi connectivity index (χ2n) is 15.0. The fourth-order valence-corrected chi connectivity index (χ4v) is 10.8. The number of benzene rings is 2. The summed E-state index contributed by atoms with van der Waals surface area (Å²) in [5, 5.41) is 2.95. The predicted molar refractivity (Wildman–Crippen MR) is 155 cm³/mol. The van der Waals surface area contributed by atoms with Crippen molar-refractivity contribution in [3.05, 3.63) is 47.0 Å². The van der Waals surface area contributed by atoms with Crippen LogP contribution in [-0.2, 0) is 12.8 Å². The molecular formula is C36H52. The molecular weight excluding hydrogens is 432 g/mol. The third kappa shape index (κ3) is 3.91. The smallest absolute Gasteiger partial charge is 0.0152 e. The molecule has 0 spiro atoms. The molecule has 2 aromatic rings. The van der Waals surface area contributed by atoms with E-state index in [2.05, 4.69) is 71.9 Å². The average molecular weight is 485 g/mol. The molecule has 6 rings (SSSR count). The number of rotatable bonds is 5. The highest BCUT2D eigenvalue weighted by atomic mass is 14.6. The minimum atomic E-state index is 0.510. The molecule has 3 fully saturated rings. The van der Waals surface area contributed by atoms with Crippen LogP contribution in [0.2, 0.25) is 0 Å². The number of aryl methyl sites for hydroxylation is 1. The summed E-state index contributed by atoms with van der Waals surface area (Å²) in [4.78, 5) is 0. The maximum absolute atomic E-state index is 2.75.